The van der Waals surface area contributed by atoms with Gasteiger partial charge in [-0.2, -0.15) is 11.8 Å². The zero-order valence-electron chi connectivity index (χ0n) is 11.1. The molecule has 0 fully saturated rings. The average Bonchev–Trinajstić information content (AvgIpc) is 2.35. The molecule has 0 saturated heterocycles. The van der Waals surface area contributed by atoms with Crippen LogP contribution in [-0.4, -0.2) is 30.3 Å². The molecule has 102 valence electrons. The van der Waals surface area contributed by atoms with Crippen LogP contribution in [-0.2, 0) is 0 Å². The molecule has 1 aromatic carbocycles. The molecule has 5 heteroatoms. The van der Waals surface area contributed by atoms with Gasteiger partial charge in [-0.3, -0.25) is 0 Å². The van der Waals surface area contributed by atoms with E-state index in [1.54, 1.807) is 26.0 Å². The Hall–Kier alpha value is -0.390. The van der Waals surface area contributed by atoms with E-state index in [2.05, 4.69) is 29.8 Å². The summed E-state index contributed by atoms with van der Waals surface area (Å²) in [6.45, 7) is 4.22. The number of hydrogen-bond acceptors (Lipinski definition) is 4. The Morgan fingerprint density at radius 3 is 2.44 bits per heavy atom. The van der Waals surface area contributed by atoms with Crippen molar-refractivity contribution in [2.45, 2.75) is 25.2 Å². The minimum Gasteiger partial charge on any atom is -0.495 e. The first-order valence-electron chi connectivity index (χ1n) is 5.71. The largest absolute Gasteiger partial charge is 0.495 e. The zero-order valence-corrected chi connectivity index (χ0v) is 13.5. The van der Waals surface area contributed by atoms with Gasteiger partial charge in [0.2, 0.25) is 0 Å². The van der Waals surface area contributed by atoms with Crippen molar-refractivity contribution in [1.82, 2.24) is 0 Å². The van der Waals surface area contributed by atoms with E-state index in [1.165, 1.54) is 0 Å². The van der Waals surface area contributed by atoms with E-state index in [0.717, 1.165) is 10.0 Å². The topological polar surface area (TPSA) is 38.7 Å². The molecular formula is C13H19BrO3S. The summed E-state index contributed by atoms with van der Waals surface area (Å²) in [6, 6.07) is 3.67. The first-order chi connectivity index (χ1) is 8.51. The maximum atomic E-state index is 10.2. The van der Waals surface area contributed by atoms with Crippen LogP contribution in [0.1, 0.15) is 25.5 Å². The molecule has 0 bridgehead atoms. The Labute approximate surface area is 121 Å². The molecular weight excluding hydrogens is 316 g/mol. The lowest BCUT2D eigenvalue weighted by molar-refractivity contribution is 0.198. The Kier molecular flexibility index (Phi) is 6.32. The molecule has 1 aromatic rings. The maximum absolute atomic E-state index is 10.2. The van der Waals surface area contributed by atoms with Crippen molar-refractivity contribution in [3.8, 4) is 11.5 Å². The standard InChI is InChI=1S/C13H19BrO3S/c1-8(2)18-7-10(15)9-5-6-11(16-3)12(14)13(9)17-4/h5-6,8,10,15H,7H2,1-4H3. The number of ether oxygens (including phenoxy) is 2. The SMILES string of the molecule is COc1ccc(C(O)CSC(C)C)c(OC)c1Br. The van der Waals surface area contributed by atoms with Crippen molar-refractivity contribution in [2.24, 2.45) is 0 Å². The van der Waals surface area contributed by atoms with Gasteiger partial charge >= 0.3 is 0 Å². The smallest absolute Gasteiger partial charge is 0.142 e. The van der Waals surface area contributed by atoms with Gasteiger partial charge in [0.15, 0.2) is 0 Å². The molecule has 0 radical (unpaired) electrons. The first-order valence-corrected chi connectivity index (χ1v) is 7.55. The molecule has 0 saturated carbocycles. The van der Waals surface area contributed by atoms with Gasteiger partial charge in [-0.05, 0) is 33.3 Å². The fourth-order valence-electron chi connectivity index (χ4n) is 1.55. The van der Waals surface area contributed by atoms with Gasteiger partial charge in [-0.15, -0.1) is 0 Å². The summed E-state index contributed by atoms with van der Waals surface area (Å²) in [4.78, 5) is 0. The van der Waals surface area contributed by atoms with E-state index in [9.17, 15) is 5.11 Å². The van der Waals surface area contributed by atoms with Crippen LogP contribution in [0.3, 0.4) is 0 Å². The van der Waals surface area contributed by atoms with E-state index in [-0.39, 0.29) is 0 Å². The second kappa shape index (κ2) is 7.26. The van der Waals surface area contributed by atoms with Crippen LogP contribution in [0, 0.1) is 0 Å². The number of halogens is 1. The zero-order chi connectivity index (χ0) is 13.7. The van der Waals surface area contributed by atoms with Crippen molar-refractivity contribution in [3.63, 3.8) is 0 Å². The second-order valence-electron chi connectivity index (χ2n) is 4.10. The number of benzene rings is 1. The number of aliphatic hydroxyl groups is 1. The lowest BCUT2D eigenvalue weighted by Gasteiger charge is -2.18. The lowest BCUT2D eigenvalue weighted by Crippen LogP contribution is -2.06. The van der Waals surface area contributed by atoms with Crippen molar-refractivity contribution >= 4 is 27.7 Å². The third kappa shape index (κ3) is 3.80. The molecule has 0 aliphatic carbocycles. The molecule has 1 atom stereocenters. The normalized spacial score (nSPS) is 12.6. The van der Waals surface area contributed by atoms with E-state index < -0.39 is 6.10 Å². The highest BCUT2D eigenvalue weighted by Gasteiger charge is 2.19. The molecule has 3 nitrogen and oxygen atoms in total. The predicted octanol–water partition coefficient (Wildman–Crippen LogP) is 3.64. The number of aliphatic hydroxyl groups excluding tert-OH is 1. The van der Waals surface area contributed by atoms with Gasteiger partial charge < -0.3 is 14.6 Å². The molecule has 1 rings (SSSR count). The first kappa shape index (κ1) is 15.7. The average molecular weight is 335 g/mol. The van der Waals surface area contributed by atoms with E-state index in [4.69, 9.17) is 9.47 Å². The highest BCUT2D eigenvalue weighted by molar-refractivity contribution is 9.10. The minimum atomic E-state index is -0.547. The second-order valence-corrected chi connectivity index (χ2v) is 6.50. The highest BCUT2D eigenvalue weighted by Crippen LogP contribution is 2.40. The highest BCUT2D eigenvalue weighted by atomic mass is 79.9. The summed E-state index contributed by atoms with van der Waals surface area (Å²) in [6.07, 6.45) is -0.547. The summed E-state index contributed by atoms with van der Waals surface area (Å²) in [5.41, 5.74) is 0.776. The predicted molar refractivity (Wildman–Crippen MR) is 79.8 cm³/mol. The van der Waals surface area contributed by atoms with Crippen LogP contribution < -0.4 is 9.47 Å². The number of hydrogen-bond donors (Lipinski definition) is 1. The molecule has 0 spiro atoms. The lowest BCUT2D eigenvalue weighted by atomic mass is 10.1. The summed E-state index contributed by atoms with van der Waals surface area (Å²) >= 11 is 5.15. The van der Waals surface area contributed by atoms with Crippen LogP contribution in [0.4, 0.5) is 0 Å². The van der Waals surface area contributed by atoms with E-state index >= 15 is 0 Å². The van der Waals surface area contributed by atoms with Crippen LogP contribution in [0.2, 0.25) is 0 Å². The Morgan fingerprint density at radius 1 is 1.28 bits per heavy atom. The summed E-state index contributed by atoms with van der Waals surface area (Å²) in [7, 11) is 3.19. The molecule has 0 aromatic heterocycles. The molecule has 18 heavy (non-hydrogen) atoms. The van der Waals surface area contributed by atoms with Gasteiger partial charge in [0.1, 0.15) is 16.0 Å². The Morgan fingerprint density at radius 2 is 1.94 bits per heavy atom. The molecule has 0 amide bonds. The molecule has 0 aliphatic rings. The van der Waals surface area contributed by atoms with E-state index in [0.29, 0.717) is 22.5 Å². The number of methoxy groups -OCH3 is 2. The van der Waals surface area contributed by atoms with Crippen LogP contribution in [0.15, 0.2) is 16.6 Å². The molecule has 1 N–H and O–H groups in total. The van der Waals surface area contributed by atoms with Crippen molar-refractivity contribution in [1.29, 1.82) is 0 Å². The van der Waals surface area contributed by atoms with Gasteiger partial charge in [-0.1, -0.05) is 13.8 Å². The van der Waals surface area contributed by atoms with Gasteiger partial charge in [0.25, 0.3) is 0 Å². The van der Waals surface area contributed by atoms with Crippen LogP contribution in [0.5, 0.6) is 11.5 Å². The van der Waals surface area contributed by atoms with Crippen molar-refractivity contribution in [3.05, 3.63) is 22.2 Å². The Balaban J connectivity index is 2.97. The third-order valence-electron chi connectivity index (χ3n) is 2.46. The fourth-order valence-corrected chi connectivity index (χ4v) is 2.99. The van der Waals surface area contributed by atoms with Gasteiger partial charge in [0, 0.05) is 11.3 Å². The van der Waals surface area contributed by atoms with Crippen LogP contribution in [0.25, 0.3) is 0 Å². The van der Waals surface area contributed by atoms with Gasteiger partial charge in [0.05, 0.1) is 20.3 Å². The van der Waals surface area contributed by atoms with Gasteiger partial charge in [-0.25, -0.2) is 0 Å². The molecule has 0 heterocycles. The maximum Gasteiger partial charge on any atom is 0.142 e. The summed E-state index contributed by atoms with van der Waals surface area (Å²) in [5, 5.41) is 10.7. The van der Waals surface area contributed by atoms with Crippen molar-refractivity contribution in [2.75, 3.05) is 20.0 Å². The van der Waals surface area contributed by atoms with Crippen molar-refractivity contribution < 1.29 is 14.6 Å². The minimum absolute atomic E-state index is 0.493. The third-order valence-corrected chi connectivity index (χ3v) is 4.39. The molecule has 1 unspecified atom stereocenters. The molecule has 0 aliphatic heterocycles. The quantitative estimate of drug-likeness (QED) is 0.861. The van der Waals surface area contributed by atoms with E-state index in [1.807, 2.05) is 12.1 Å². The number of thioether (sulfide) groups is 1. The fraction of sp³-hybridized carbons (Fsp3) is 0.538. The number of rotatable bonds is 6. The summed E-state index contributed by atoms with van der Waals surface area (Å²) in [5.74, 6) is 1.97. The monoisotopic (exact) mass is 334 g/mol. The summed E-state index contributed by atoms with van der Waals surface area (Å²) < 4.78 is 11.3. The Bertz CT molecular complexity index is 396. The van der Waals surface area contributed by atoms with Crippen LogP contribution >= 0.6 is 27.7 Å².